The van der Waals surface area contributed by atoms with Gasteiger partial charge in [0.1, 0.15) is 60.1 Å². The van der Waals surface area contributed by atoms with Gasteiger partial charge in [0.25, 0.3) is 0 Å². The fourth-order valence-electron chi connectivity index (χ4n) is 10.4. The first kappa shape index (κ1) is 78.6. The quantitative estimate of drug-likeness (QED) is 0.0133. The zero-order valence-corrected chi connectivity index (χ0v) is 56.2. The van der Waals surface area contributed by atoms with Gasteiger partial charge in [-0.2, -0.15) is 11.8 Å². The smallest absolute Gasteiger partial charge is 0.326 e. The van der Waals surface area contributed by atoms with Gasteiger partial charge >= 0.3 is 11.9 Å². The number of amides is 9. The van der Waals surface area contributed by atoms with E-state index < -0.39 is 144 Å². The number of carboxylic acid groups (broad SMARTS) is 2. The number of hydrogen-bond acceptors (Lipinski definition) is 17. The molecule has 9 amide bonds. The summed E-state index contributed by atoms with van der Waals surface area (Å²) < 4.78 is 0. The molecule has 0 radical (unpaired) electrons. The second kappa shape index (κ2) is 40.5. The molecule has 11 atom stereocenters. The maximum atomic E-state index is 15.1. The molecule has 2 heterocycles. The highest BCUT2D eigenvalue weighted by atomic mass is 32.2. The van der Waals surface area contributed by atoms with Gasteiger partial charge < -0.3 is 96.1 Å². The van der Waals surface area contributed by atoms with Gasteiger partial charge in [0.05, 0.1) is 12.4 Å². The molecule has 5 aromatic rings. The third kappa shape index (κ3) is 26.2. The molecular formula is C66H93N17O14S. The highest BCUT2D eigenvalue weighted by Crippen LogP contribution is 2.21. The number of nitrogens with zero attached hydrogens (tertiary/aromatic N) is 2. The van der Waals surface area contributed by atoms with Gasteiger partial charge in [0, 0.05) is 67.6 Å². The number of carbonyl (C=O) groups is 11. The maximum Gasteiger partial charge on any atom is 0.326 e. The standard InChI is InChI=1S/C66H93N17O14S/c1-5-37(2)55(65(96)97)83-64(95)51(30-39-14-7-6-8-15-39)81-61(92)50(31-40-20-22-43(84)23-21-40)80-59(90)48(24-25-54(85)86)77-62(93)52(32-41-34-73-45-17-10-9-16-44(41)45)82-58(89)47(19-13-28-72-66(69)70)76-57(88)46(18-11-12-27-67)75-60(91)49(26-29-98-4)78-63(94)53(79-56(87)38(3)68)33-42-35-71-36-74-42/h6-10,14-17,20-23,34-38,46-53,55,73,84H,5,11-13,18-19,24-33,67-68H2,1-4H3,(H,71,74)(H,75,91)(H,76,88)(H,77,93)(H,78,94)(H,79,87)(H,80,90)(H,81,92)(H,82,89)(H,83,95)(H,85,86)(H,96,97)(H4,69,70,72)/t37-,38-,46-,47-,48-,49-,50-,51-,52-,53-,55-/m0/s1. The number of H-pyrrole nitrogens is 2. The molecule has 32 heteroatoms. The fraction of sp³-hybridized carbons (Fsp3) is 0.470. The van der Waals surface area contributed by atoms with E-state index in [0.717, 1.165) is 0 Å². The minimum atomic E-state index is -1.75. The predicted octanol–water partition coefficient (Wildman–Crippen LogP) is -0.491. The van der Waals surface area contributed by atoms with Crippen LogP contribution in [0.25, 0.3) is 10.9 Å². The van der Waals surface area contributed by atoms with Crippen LogP contribution in [0.15, 0.2) is 103 Å². The summed E-state index contributed by atoms with van der Waals surface area (Å²) in [4.78, 5) is 169. The summed E-state index contributed by atoms with van der Waals surface area (Å²) in [5, 5.41) is 54.9. The number of imidazole rings is 1. The molecule has 0 spiro atoms. The lowest BCUT2D eigenvalue weighted by molar-refractivity contribution is -0.144. The second-order valence-electron chi connectivity index (χ2n) is 23.8. The molecule has 98 heavy (non-hydrogen) atoms. The minimum Gasteiger partial charge on any atom is -0.508 e. The van der Waals surface area contributed by atoms with Crippen LogP contribution in [-0.4, -0.2) is 187 Å². The number of phenols is 1. The number of fused-ring (bicyclic) bond motifs is 1. The Morgan fingerprint density at radius 1 is 0.561 bits per heavy atom. The predicted molar refractivity (Wildman–Crippen MR) is 367 cm³/mol. The lowest BCUT2D eigenvalue weighted by atomic mass is 9.97. The molecule has 31 nitrogen and oxygen atoms in total. The van der Waals surface area contributed by atoms with E-state index in [2.05, 4.69) is 67.8 Å². The van der Waals surface area contributed by atoms with Crippen molar-refractivity contribution in [1.82, 2.24) is 62.8 Å². The first-order valence-corrected chi connectivity index (χ1v) is 33.7. The van der Waals surface area contributed by atoms with Gasteiger partial charge in [-0.05, 0) is 111 Å². The highest BCUT2D eigenvalue weighted by Gasteiger charge is 2.37. The molecule has 5 rings (SSSR count). The lowest BCUT2D eigenvalue weighted by Gasteiger charge is -2.28. The number of nitrogens with one attached hydrogen (secondary N) is 11. The number of para-hydroxylation sites is 1. The molecule has 0 unspecified atom stereocenters. The van der Waals surface area contributed by atoms with E-state index in [-0.39, 0.29) is 76.2 Å². The molecule has 22 N–H and O–H groups in total. The summed E-state index contributed by atoms with van der Waals surface area (Å²) in [7, 11) is 0. The Kier molecular flexibility index (Phi) is 32.5. The maximum absolute atomic E-state index is 15.1. The van der Waals surface area contributed by atoms with Crippen LogP contribution < -0.4 is 70.8 Å². The fourth-order valence-corrected chi connectivity index (χ4v) is 10.9. The van der Waals surface area contributed by atoms with Crippen LogP contribution in [-0.2, 0) is 78.4 Å². The van der Waals surface area contributed by atoms with Gasteiger partial charge in [0.2, 0.25) is 53.2 Å². The van der Waals surface area contributed by atoms with Crippen LogP contribution in [0, 0.1) is 5.92 Å². The number of thioether (sulfide) groups is 1. The number of hydrogen-bond donors (Lipinski definition) is 18. The van der Waals surface area contributed by atoms with Crippen molar-refractivity contribution in [3.8, 4) is 5.75 Å². The number of carboxylic acids is 2. The molecule has 0 aliphatic carbocycles. The van der Waals surface area contributed by atoms with Gasteiger partial charge in [0.15, 0.2) is 5.96 Å². The van der Waals surface area contributed by atoms with Crippen molar-refractivity contribution in [2.24, 2.45) is 33.8 Å². The third-order valence-electron chi connectivity index (χ3n) is 16.1. The summed E-state index contributed by atoms with van der Waals surface area (Å²) in [6, 6.07) is 7.12. The van der Waals surface area contributed by atoms with Gasteiger partial charge in [-0.3, -0.25) is 52.9 Å². The Morgan fingerprint density at radius 3 is 1.55 bits per heavy atom. The SMILES string of the molecule is CC[C@H](C)[C@H](NC(=O)[C@H](Cc1ccccc1)NC(=O)[C@H](Cc1ccc(O)cc1)NC(=O)[C@H](CCC(=O)O)NC(=O)[C@H](Cc1c[nH]c2ccccc12)NC(=O)[C@H](CCCN=C(N)N)NC(=O)[C@H](CCCCN)NC(=O)[C@H](CCSC)NC(=O)[C@H](Cc1cnc[nH]1)NC(=O)[C@H](C)N)C(=O)O. The summed E-state index contributed by atoms with van der Waals surface area (Å²) >= 11 is 1.38. The average molecular weight is 1380 g/mol. The number of phenolic OH excluding ortho intramolecular Hbond substituents is 1. The van der Waals surface area contributed by atoms with Crippen molar-refractivity contribution in [2.75, 3.05) is 25.1 Å². The molecule has 2 aromatic heterocycles. The summed E-state index contributed by atoms with van der Waals surface area (Å²) in [5.41, 5.74) is 25.6. The van der Waals surface area contributed by atoms with E-state index in [1.807, 2.05) is 0 Å². The van der Waals surface area contributed by atoms with E-state index in [1.165, 1.54) is 55.5 Å². The summed E-state index contributed by atoms with van der Waals surface area (Å²) in [6.07, 6.45) is 5.27. The molecule has 0 aliphatic heterocycles. The number of nitrogens with two attached hydrogens (primary N) is 4. The topological polar surface area (TPSA) is 518 Å². The van der Waals surface area contributed by atoms with Crippen LogP contribution in [0.3, 0.4) is 0 Å². The van der Waals surface area contributed by atoms with Crippen molar-refractivity contribution in [3.63, 3.8) is 0 Å². The van der Waals surface area contributed by atoms with Crippen LogP contribution in [0.2, 0.25) is 0 Å². The first-order valence-electron chi connectivity index (χ1n) is 32.3. The zero-order valence-electron chi connectivity index (χ0n) is 55.3. The number of rotatable bonds is 43. The molecule has 0 bridgehead atoms. The number of aliphatic carboxylic acids is 2. The van der Waals surface area contributed by atoms with Crippen molar-refractivity contribution in [2.45, 2.75) is 165 Å². The summed E-state index contributed by atoms with van der Waals surface area (Å²) in [5.74, 6) is -11.1. The number of aromatic nitrogens is 3. The van der Waals surface area contributed by atoms with Crippen LogP contribution in [0.5, 0.6) is 5.75 Å². The molecular weight excluding hydrogens is 1290 g/mol. The Hall–Kier alpha value is -10.1. The first-order chi connectivity index (χ1) is 46.8. The molecule has 0 saturated heterocycles. The average Bonchev–Trinajstić information content (AvgIpc) is 1.60. The summed E-state index contributed by atoms with van der Waals surface area (Å²) in [6.45, 7) is 5.02. The number of unbranched alkanes of at least 4 members (excludes halogenated alkanes) is 1. The van der Waals surface area contributed by atoms with E-state index in [4.69, 9.17) is 22.9 Å². The normalized spacial score (nSPS) is 14.5. The number of aromatic hydroxyl groups is 1. The molecule has 0 aliphatic rings. The van der Waals surface area contributed by atoms with Crippen LogP contribution >= 0.6 is 11.8 Å². The number of aliphatic imine (C=N–C) groups is 1. The molecule has 0 saturated carbocycles. The highest BCUT2D eigenvalue weighted by molar-refractivity contribution is 7.98. The van der Waals surface area contributed by atoms with Crippen molar-refractivity contribution in [1.29, 1.82) is 0 Å². The van der Waals surface area contributed by atoms with Crippen LogP contribution in [0.1, 0.15) is 101 Å². The van der Waals surface area contributed by atoms with Crippen molar-refractivity contribution < 1.29 is 68.1 Å². The largest absolute Gasteiger partial charge is 0.508 e. The number of guanidine groups is 1. The third-order valence-corrected chi connectivity index (χ3v) is 16.8. The van der Waals surface area contributed by atoms with E-state index in [0.29, 0.717) is 58.3 Å². The number of aromatic amines is 2. The molecule has 532 valence electrons. The van der Waals surface area contributed by atoms with E-state index >= 15 is 9.59 Å². The zero-order chi connectivity index (χ0) is 71.8. The van der Waals surface area contributed by atoms with Gasteiger partial charge in [-0.15, -0.1) is 0 Å². The lowest BCUT2D eigenvalue weighted by Crippen LogP contribution is -2.61. The van der Waals surface area contributed by atoms with Gasteiger partial charge in [-0.25, -0.2) is 9.78 Å². The Balaban J connectivity index is 1.49. The van der Waals surface area contributed by atoms with Crippen LogP contribution in [0.4, 0.5) is 0 Å². The monoisotopic (exact) mass is 1380 g/mol. The van der Waals surface area contributed by atoms with Gasteiger partial charge in [-0.1, -0.05) is 80.9 Å². The second-order valence-corrected chi connectivity index (χ2v) is 24.8. The Bertz CT molecular complexity index is 3480. The Labute approximate surface area is 571 Å². The number of benzene rings is 3. The van der Waals surface area contributed by atoms with E-state index in [1.54, 1.807) is 80.9 Å². The van der Waals surface area contributed by atoms with Crippen molar-refractivity contribution in [3.05, 3.63) is 120 Å². The van der Waals surface area contributed by atoms with E-state index in [9.17, 15) is 58.5 Å². The minimum absolute atomic E-state index is 0.00868. The van der Waals surface area contributed by atoms with Crippen molar-refractivity contribution >= 4 is 93.7 Å². The molecule has 3 aromatic carbocycles. The number of carbonyl (C=O) groups excluding carboxylic acids is 9. The molecule has 0 fully saturated rings. The Morgan fingerprint density at radius 2 is 1.04 bits per heavy atom.